The predicted molar refractivity (Wildman–Crippen MR) is 144 cm³/mol. The third-order valence-corrected chi connectivity index (χ3v) is 9.86. The van der Waals surface area contributed by atoms with Gasteiger partial charge in [0.15, 0.2) is 5.78 Å². The van der Waals surface area contributed by atoms with Gasteiger partial charge in [-0.2, -0.15) is 0 Å². The molecule has 0 spiro atoms. The van der Waals surface area contributed by atoms with Crippen molar-refractivity contribution in [1.82, 2.24) is 4.90 Å². The van der Waals surface area contributed by atoms with Crippen molar-refractivity contribution in [2.75, 3.05) is 7.05 Å². The fraction of sp³-hybridized carbons (Fsp3) is 0.594. The number of esters is 1. The average molecular weight is 504 g/mol. The van der Waals surface area contributed by atoms with Crippen LogP contribution in [0.4, 0.5) is 0 Å². The van der Waals surface area contributed by atoms with Crippen molar-refractivity contribution in [2.24, 2.45) is 17.3 Å². The van der Waals surface area contributed by atoms with Gasteiger partial charge in [0, 0.05) is 37.8 Å². The summed E-state index contributed by atoms with van der Waals surface area (Å²) in [5.41, 5.74) is 6.46. The Bertz CT molecular complexity index is 1160. The molecule has 0 radical (unpaired) electrons. The van der Waals surface area contributed by atoms with Crippen LogP contribution in [-0.2, 0) is 25.5 Å². The summed E-state index contributed by atoms with van der Waals surface area (Å²) in [5, 5.41) is 0. The maximum absolute atomic E-state index is 12.6. The van der Waals surface area contributed by atoms with Crippen LogP contribution < -0.4 is 0 Å². The lowest BCUT2D eigenvalue weighted by Gasteiger charge is -2.52. The van der Waals surface area contributed by atoms with E-state index in [0.29, 0.717) is 24.7 Å². The van der Waals surface area contributed by atoms with Crippen LogP contribution in [-0.4, -0.2) is 41.8 Å². The summed E-state index contributed by atoms with van der Waals surface area (Å²) in [5.74, 6) is 1.39. The fourth-order valence-corrected chi connectivity index (χ4v) is 7.76. The van der Waals surface area contributed by atoms with Crippen LogP contribution in [0, 0.1) is 17.3 Å². The fourth-order valence-electron chi connectivity index (χ4n) is 7.76. The number of carbonyl (C=O) groups excluding carboxylic acids is 3. The zero-order chi connectivity index (χ0) is 26.5. The first-order valence-electron chi connectivity index (χ1n) is 14.1. The SMILES string of the molecule is CC(=O)O[C@H]1CCC2C3CCC4=CC(=O)CCC4=C3[C@@H](c3ccc(CC(=O)N(C)C(C)C)cc3)C[C@@]21C. The summed E-state index contributed by atoms with van der Waals surface area (Å²) >= 11 is 0. The Morgan fingerprint density at radius 1 is 1.08 bits per heavy atom. The van der Waals surface area contributed by atoms with E-state index in [-0.39, 0.29) is 41.1 Å². The van der Waals surface area contributed by atoms with Gasteiger partial charge in [0.05, 0.1) is 6.42 Å². The third-order valence-electron chi connectivity index (χ3n) is 9.86. The van der Waals surface area contributed by atoms with Gasteiger partial charge in [-0.1, -0.05) is 36.8 Å². The smallest absolute Gasteiger partial charge is 0.302 e. The second-order valence-electron chi connectivity index (χ2n) is 12.3. The Morgan fingerprint density at radius 3 is 2.49 bits per heavy atom. The molecule has 2 unspecified atom stereocenters. The molecule has 37 heavy (non-hydrogen) atoms. The van der Waals surface area contributed by atoms with Gasteiger partial charge < -0.3 is 9.64 Å². The van der Waals surface area contributed by atoms with E-state index in [0.717, 1.165) is 44.1 Å². The van der Waals surface area contributed by atoms with Crippen LogP contribution in [0.25, 0.3) is 0 Å². The highest BCUT2D eigenvalue weighted by atomic mass is 16.5. The second-order valence-corrected chi connectivity index (χ2v) is 12.3. The first kappa shape index (κ1) is 25.9. The topological polar surface area (TPSA) is 63.7 Å². The molecule has 5 nitrogen and oxygen atoms in total. The normalized spacial score (nSPS) is 30.9. The molecule has 0 aromatic heterocycles. The number of fused-ring (bicyclic) bond motifs is 4. The summed E-state index contributed by atoms with van der Waals surface area (Å²) < 4.78 is 5.92. The molecule has 5 rings (SSSR count). The van der Waals surface area contributed by atoms with Crippen LogP contribution >= 0.6 is 0 Å². The molecule has 2 saturated carbocycles. The molecule has 1 aromatic carbocycles. The minimum atomic E-state index is -0.187. The van der Waals surface area contributed by atoms with E-state index in [4.69, 9.17) is 4.74 Å². The van der Waals surface area contributed by atoms with E-state index in [1.807, 2.05) is 27.0 Å². The van der Waals surface area contributed by atoms with Crippen LogP contribution in [0.1, 0.15) is 89.7 Å². The van der Waals surface area contributed by atoms with Crippen LogP contribution in [0.15, 0.2) is 47.1 Å². The number of amides is 1. The molecule has 0 bridgehead atoms. The van der Waals surface area contributed by atoms with Gasteiger partial charge in [0.2, 0.25) is 5.91 Å². The predicted octanol–water partition coefficient (Wildman–Crippen LogP) is 5.93. The average Bonchev–Trinajstić information content (AvgIpc) is 3.18. The molecule has 0 N–H and O–H groups in total. The molecule has 5 heteroatoms. The maximum atomic E-state index is 12.6. The highest BCUT2D eigenvalue weighted by molar-refractivity contribution is 5.93. The van der Waals surface area contributed by atoms with Gasteiger partial charge in [-0.3, -0.25) is 14.4 Å². The summed E-state index contributed by atoms with van der Waals surface area (Å²) in [7, 11) is 1.86. The largest absolute Gasteiger partial charge is 0.462 e. The summed E-state index contributed by atoms with van der Waals surface area (Å²) in [6.07, 6.45) is 8.71. The van der Waals surface area contributed by atoms with Gasteiger partial charge in [0.1, 0.15) is 6.10 Å². The molecule has 0 heterocycles. The van der Waals surface area contributed by atoms with Crippen LogP contribution in [0.2, 0.25) is 0 Å². The number of ether oxygens (including phenoxy) is 1. The monoisotopic (exact) mass is 503 g/mol. The van der Waals surface area contributed by atoms with Crippen molar-refractivity contribution in [3.8, 4) is 0 Å². The Kier molecular flexibility index (Phi) is 6.93. The molecular weight excluding hydrogens is 462 g/mol. The standard InChI is InChI=1S/C32H41NO4/c1-19(2)33(5)30(36)16-21-6-8-22(9-7-21)27-18-32(4)28(14-15-29(32)37-20(3)34)26-12-10-23-17-24(35)11-13-25(23)31(26)27/h6-9,17,19,26-29H,10-16,18H2,1-5H3/t26?,27-,28?,29+,32+/m1/s1. The summed E-state index contributed by atoms with van der Waals surface area (Å²) in [6, 6.07) is 8.81. The Labute approximate surface area is 221 Å². The zero-order valence-electron chi connectivity index (χ0n) is 23.0. The lowest BCUT2D eigenvalue weighted by molar-refractivity contribution is -0.154. The summed E-state index contributed by atoms with van der Waals surface area (Å²) in [4.78, 5) is 38.7. The number of ketones is 1. The lowest BCUT2D eigenvalue weighted by atomic mass is 9.53. The van der Waals surface area contributed by atoms with Crippen LogP contribution in [0.3, 0.4) is 0 Å². The molecule has 1 amide bonds. The van der Waals surface area contributed by atoms with E-state index < -0.39 is 0 Å². The molecule has 4 aliphatic rings. The van der Waals surface area contributed by atoms with E-state index in [2.05, 4.69) is 31.2 Å². The number of hydrogen-bond donors (Lipinski definition) is 0. The van der Waals surface area contributed by atoms with Gasteiger partial charge in [-0.15, -0.1) is 0 Å². The van der Waals surface area contributed by atoms with Crippen molar-refractivity contribution >= 4 is 17.7 Å². The van der Waals surface area contributed by atoms with Crippen molar-refractivity contribution in [3.63, 3.8) is 0 Å². The zero-order valence-corrected chi connectivity index (χ0v) is 23.0. The Hall–Kier alpha value is -2.69. The molecule has 2 fully saturated rings. The lowest BCUT2D eigenvalue weighted by Crippen LogP contribution is -2.46. The highest BCUT2D eigenvalue weighted by Crippen LogP contribution is 2.64. The minimum absolute atomic E-state index is 0.0441. The molecule has 4 aliphatic carbocycles. The first-order chi connectivity index (χ1) is 17.6. The number of allylic oxidation sites excluding steroid dienone is 4. The number of benzene rings is 1. The maximum Gasteiger partial charge on any atom is 0.302 e. The molecule has 5 atom stereocenters. The Morgan fingerprint density at radius 2 is 1.81 bits per heavy atom. The van der Waals surface area contributed by atoms with Gasteiger partial charge in [-0.05, 0) is 92.6 Å². The number of likely N-dealkylation sites (N-methyl/N-ethyl adjacent to an activating group) is 1. The number of carbonyl (C=O) groups is 3. The molecule has 0 saturated heterocycles. The van der Waals surface area contributed by atoms with Crippen molar-refractivity contribution < 1.29 is 19.1 Å². The van der Waals surface area contributed by atoms with E-state index in [1.54, 1.807) is 10.5 Å². The van der Waals surface area contributed by atoms with E-state index >= 15 is 0 Å². The highest BCUT2D eigenvalue weighted by Gasteiger charge is 2.57. The first-order valence-corrected chi connectivity index (χ1v) is 14.1. The third kappa shape index (κ3) is 4.70. The van der Waals surface area contributed by atoms with Gasteiger partial charge >= 0.3 is 5.97 Å². The van der Waals surface area contributed by atoms with Crippen LogP contribution in [0.5, 0.6) is 0 Å². The van der Waals surface area contributed by atoms with Gasteiger partial charge in [-0.25, -0.2) is 0 Å². The van der Waals surface area contributed by atoms with Crippen molar-refractivity contribution in [1.29, 1.82) is 0 Å². The number of nitrogens with zero attached hydrogens (tertiary/aromatic N) is 1. The van der Waals surface area contributed by atoms with Crippen molar-refractivity contribution in [3.05, 3.63) is 58.2 Å². The quantitative estimate of drug-likeness (QED) is 0.468. The van der Waals surface area contributed by atoms with E-state index in [9.17, 15) is 14.4 Å². The molecule has 198 valence electrons. The van der Waals surface area contributed by atoms with Crippen molar-refractivity contribution in [2.45, 2.75) is 97.1 Å². The second kappa shape index (κ2) is 9.89. The summed E-state index contributed by atoms with van der Waals surface area (Å²) in [6.45, 7) is 7.93. The number of hydrogen-bond acceptors (Lipinski definition) is 4. The minimum Gasteiger partial charge on any atom is -0.462 e. The number of rotatable bonds is 5. The molecule has 0 aliphatic heterocycles. The van der Waals surface area contributed by atoms with Gasteiger partial charge in [0.25, 0.3) is 0 Å². The molecule has 1 aromatic rings. The van der Waals surface area contributed by atoms with E-state index in [1.165, 1.54) is 23.6 Å². The molecular formula is C32H41NO4. The Balaban J connectivity index is 1.52.